The summed E-state index contributed by atoms with van der Waals surface area (Å²) < 4.78 is 22.9. The van der Waals surface area contributed by atoms with Gasteiger partial charge in [-0.05, 0) is 105 Å². The van der Waals surface area contributed by atoms with E-state index < -0.39 is 24.3 Å². The number of imidazole rings is 2. The molecule has 5 aliphatic rings. The van der Waals surface area contributed by atoms with Gasteiger partial charge in [0, 0.05) is 74.2 Å². The fourth-order valence-electron chi connectivity index (χ4n) is 12.2. The van der Waals surface area contributed by atoms with Crippen LogP contribution in [0.3, 0.4) is 0 Å². The standard InChI is InChI=1S/C53H64N8O9/c1-5-53(6-2)37-15-12-35(39-30-55-47(57-39)40-9-7-21-60(40)49(62)45(58-51(64)67-4)31-17-23-68-24-18-31)28-43(37)70-42-16-13-33-27-34(11-14-36(33)44(42)53)38-29-54-48(56-38)41-10-8-22-61(41)50(63)46(59(3)52(65)66)32-19-25-69-26-20-32/h11-16,27-32,40-41,45-46H,5-10,17-26H2,1-4H3,(H,54,56)(H,55,57)(H,58,64)(H,65,66)/t40-,41-,45?,46?/m1/s1. The normalized spacial score (nSPS) is 21.1. The van der Waals surface area contributed by atoms with Gasteiger partial charge in [-0.25, -0.2) is 19.6 Å². The molecule has 7 heterocycles. The van der Waals surface area contributed by atoms with E-state index in [9.17, 15) is 24.3 Å². The van der Waals surface area contributed by atoms with Crippen LogP contribution in [0.15, 0.2) is 60.9 Å². The minimum Gasteiger partial charge on any atom is -0.465 e. The number of benzene rings is 3. The van der Waals surface area contributed by atoms with E-state index in [0.29, 0.717) is 76.8 Å². The van der Waals surface area contributed by atoms with E-state index in [2.05, 4.69) is 77.7 Å². The predicted molar refractivity (Wildman–Crippen MR) is 260 cm³/mol. The van der Waals surface area contributed by atoms with Crippen molar-refractivity contribution in [1.82, 2.24) is 40.0 Å². The first-order valence-corrected chi connectivity index (χ1v) is 25.1. The molecule has 3 aromatic carbocycles. The smallest absolute Gasteiger partial charge is 0.407 e. The van der Waals surface area contributed by atoms with Crippen LogP contribution in [0, 0.1) is 11.8 Å². The highest BCUT2D eigenvalue weighted by atomic mass is 16.5. The maximum atomic E-state index is 14.2. The van der Waals surface area contributed by atoms with Gasteiger partial charge in [-0.2, -0.15) is 0 Å². The van der Waals surface area contributed by atoms with Gasteiger partial charge in [-0.1, -0.05) is 44.2 Å². The van der Waals surface area contributed by atoms with E-state index in [0.717, 1.165) is 94.4 Å². The Morgan fingerprint density at radius 1 is 0.786 bits per heavy atom. The monoisotopic (exact) mass is 956 g/mol. The highest BCUT2D eigenvalue weighted by molar-refractivity contribution is 5.94. The van der Waals surface area contributed by atoms with Gasteiger partial charge in [0.2, 0.25) is 11.8 Å². The van der Waals surface area contributed by atoms with Crippen molar-refractivity contribution in [3.8, 4) is 34.0 Å². The van der Waals surface area contributed by atoms with Crippen molar-refractivity contribution in [2.24, 2.45) is 11.8 Å². The number of aromatic amines is 2. The zero-order chi connectivity index (χ0) is 48.7. The van der Waals surface area contributed by atoms with Crippen LogP contribution in [0.5, 0.6) is 11.5 Å². The van der Waals surface area contributed by atoms with E-state index >= 15 is 0 Å². The molecule has 0 bridgehead atoms. The first kappa shape index (κ1) is 47.2. The van der Waals surface area contributed by atoms with Gasteiger partial charge in [0.1, 0.15) is 35.2 Å². The third-order valence-corrected chi connectivity index (χ3v) is 16.0. The van der Waals surface area contributed by atoms with E-state index in [1.807, 2.05) is 22.2 Å². The summed E-state index contributed by atoms with van der Waals surface area (Å²) in [4.78, 5) is 74.6. The number of carboxylic acid groups (broad SMARTS) is 1. The third-order valence-electron chi connectivity index (χ3n) is 16.0. The number of rotatable bonds is 12. The lowest BCUT2D eigenvalue weighted by Crippen LogP contribution is -2.53. The van der Waals surface area contributed by atoms with Gasteiger partial charge >= 0.3 is 12.2 Å². The molecule has 5 aliphatic heterocycles. The number of alkyl carbamates (subject to hydrolysis) is 1. The molecule has 5 aromatic rings. The number of likely N-dealkylation sites (tertiary alicyclic amines) is 2. The molecule has 0 aliphatic carbocycles. The molecule has 4 atom stereocenters. The van der Waals surface area contributed by atoms with Crippen molar-refractivity contribution in [2.45, 2.75) is 108 Å². The Morgan fingerprint density at radius 3 is 1.97 bits per heavy atom. The van der Waals surface area contributed by atoms with Crippen molar-refractivity contribution in [2.75, 3.05) is 53.7 Å². The first-order valence-electron chi connectivity index (χ1n) is 25.1. The minimum atomic E-state index is -1.12. The van der Waals surface area contributed by atoms with Crippen LogP contribution in [0.25, 0.3) is 33.3 Å². The van der Waals surface area contributed by atoms with Gasteiger partial charge in [0.15, 0.2) is 0 Å². The molecule has 70 heavy (non-hydrogen) atoms. The molecule has 17 nitrogen and oxygen atoms in total. The van der Waals surface area contributed by atoms with Gasteiger partial charge in [0.05, 0.1) is 43.0 Å². The predicted octanol–water partition coefficient (Wildman–Crippen LogP) is 8.72. The van der Waals surface area contributed by atoms with E-state index in [4.69, 9.17) is 28.9 Å². The SMILES string of the molecule is CCC1(CC)c2ccc(-c3cnc([C@H]4CCCN4C(=O)C(NC(=O)OC)C4CCOCC4)[nH]3)cc2Oc2ccc3cc(-c4cnc([C@H]5CCCN5C(=O)C(C5CCOCC5)N(C)C(=O)O)[nH]4)ccc3c21. The summed E-state index contributed by atoms with van der Waals surface area (Å²) in [7, 11) is 2.80. The quantitative estimate of drug-likeness (QED) is 0.0931. The number of fused-ring (bicyclic) bond motifs is 4. The molecule has 0 radical (unpaired) electrons. The maximum Gasteiger partial charge on any atom is 0.407 e. The summed E-state index contributed by atoms with van der Waals surface area (Å²) in [6, 6.07) is 15.0. The molecule has 370 valence electrons. The number of hydrogen-bond donors (Lipinski definition) is 4. The van der Waals surface area contributed by atoms with Crippen LogP contribution in [-0.4, -0.2) is 130 Å². The van der Waals surface area contributed by atoms with E-state index in [-0.39, 0.29) is 41.1 Å². The van der Waals surface area contributed by atoms with Crippen molar-refractivity contribution < 1.29 is 43.2 Å². The molecule has 0 saturated carbocycles. The number of methoxy groups -OCH3 is 1. The summed E-state index contributed by atoms with van der Waals surface area (Å²) in [5, 5.41) is 15.0. The number of hydrogen-bond acceptors (Lipinski definition) is 10. The molecular weight excluding hydrogens is 893 g/mol. The summed E-state index contributed by atoms with van der Waals surface area (Å²) >= 11 is 0. The topological polar surface area (TPSA) is 205 Å². The zero-order valence-electron chi connectivity index (χ0n) is 40.5. The zero-order valence-corrected chi connectivity index (χ0v) is 40.5. The number of aromatic nitrogens is 4. The molecule has 0 spiro atoms. The Balaban J connectivity index is 0.887. The number of H-pyrrole nitrogens is 2. The molecular formula is C53H64N8O9. The van der Waals surface area contributed by atoms with Crippen molar-refractivity contribution >= 4 is 34.8 Å². The highest BCUT2D eigenvalue weighted by Crippen LogP contribution is 2.55. The molecule has 2 aromatic heterocycles. The maximum absolute atomic E-state index is 14.2. The number of nitrogens with zero attached hydrogens (tertiary/aromatic N) is 5. The largest absolute Gasteiger partial charge is 0.465 e. The average molecular weight is 957 g/mol. The summed E-state index contributed by atoms with van der Waals surface area (Å²) in [6.07, 6.45) is 9.38. The van der Waals surface area contributed by atoms with E-state index in [1.165, 1.54) is 19.1 Å². The Labute approximate surface area is 407 Å². The molecule has 4 N–H and O–H groups in total. The number of ether oxygens (including phenoxy) is 4. The van der Waals surface area contributed by atoms with Crippen LogP contribution >= 0.6 is 0 Å². The summed E-state index contributed by atoms with van der Waals surface area (Å²) in [6.45, 7) is 7.71. The highest BCUT2D eigenvalue weighted by Gasteiger charge is 2.44. The second-order valence-electron chi connectivity index (χ2n) is 19.6. The number of likely N-dealkylation sites (N-methyl/N-ethyl adjacent to an activating group) is 1. The third kappa shape index (κ3) is 8.54. The number of amides is 4. The minimum absolute atomic E-state index is 0.0484. The van der Waals surface area contributed by atoms with Gasteiger partial charge < -0.3 is 49.1 Å². The van der Waals surface area contributed by atoms with E-state index in [1.54, 1.807) is 0 Å². The Kier molecular flexibility index (Phi) is 13.3. The molecule has 4 amide bonds. The van der Waals surface area contributed by atoms with Crippen molar-refractivity contribution in [1.29, 1.82) is 0 Å². The van der Waals surface area contributed by atoms with Crippen LogP contribution in [0.4, 0.5) is 9.59 Å². The van der Waals surface area contributed by atoms with Crippen molar-refractivity contribution in [3.05, 3.63) is 83.7 Å². The lowest BCUT2D eigenvalue weighted by atomic mass is 9.67. The molecule has 10 rings (SSSR count). The van der Waals surface area contributed by atoms with Gasteiger partial charge in [-0.3, -0.25) is 14.5 Å². The van der Waals surface area contributed by atoms with Gasteiger partial charge in [0.25, 0.3) is 0 Å². The summed E-state index contributed by atoms with van der Waals surface area (Å²) in [5.41, 5.74) is 5.51. The van der Waals surface area contributed by atoms with Crippen molar-refractivity contribution in [3.63, 3.8) is 0 Å². The lowest BCUT2D eigenvalue weighted by Gasteiger charge is -2.40. The fourth-order valence-corrected chi connectivity index (χ4v) is 12.2. The second-order valence-corrected chi connectivity index (χ2v) is 19.6. The molecule has 17 heteroatoms. The second kappa shape index (κ2) is 19.7. The number of carbonyl (C=O) groups is 4. The Bertz CT molecular complexity index is 2750. The first-order chi connectivity index (χ1) is 34.0. The van der Waals surface area contributed by atoms with Gasteiger partial charge in [-0.15, -0.1) is 0 Å². The molecule has 4 saturated heterocycles. The summed E-state index contributed by atoms with van der Waals surface area (Å²) in [5.74, 6) is 2.56. The Morgan fingerprint density at radius 2 is 1.37 bits per heavy atom. The van der Waals surface area contributed by atoms with Crippen LogP contribution in [0.2, 0.25) is 0 Å². The average Bonchev–Trinajstić information content (AvgIpc) is 4.25. The van der Waals surface area contributed by atoms with Crippen LogP contribution < -0.4 is 10.1 Å². The molecule has 4 fully saturated rings. The number of carbonyl (C=O) groups excluding carboxylic acids is 3. The Hall–Kier alpha value is -6.46. The number of nitrogens with one attached hydrogen (secondary N) is 3. The molecule has 2 unspecified atom stereocenters. The fraction of sp³-hybridized carbons (Fsp3) is 0.509. The van der Waals surface area contributed by atoms with Crippen LogP contribution in [0.1, 0.15) is 113 Å². The van der Waals surface area contributed by atoms with Crippen LogP contribution in [-0.2, 0) is 29.2 Å². The lowest BCUT2D eigenvalue weighted by molar-refractivity contribution is -0.140.